The summed E-state index contributed by atoms with van der Waals surface area (Å²) in [5.41, 5.74) is 0. The number of ether oxygens (including phenoxy) is 1. The highest BCUT2D eigenvalue weighted by Crippen LogP contribution is 2.20. The number of carbonyl (C=O) groups excluding carboxylic acids is 2. The van der Waals surface area contributed by atoms with Crippen molar-refractivity contribution in [2.75, 3.05) is 13.2 Å². The van der Waals surface area contributed by atoms with Crippen molar-refractivity contribution in [2.45, 2.75) is 469 Å². The van der Waals surface area contributed by atoms with Gasteiger partial charge in [-0.2, -0.15) is 0 Å². The van der Waals surface area contributed by atoms with Gasteiger partial charge in [-0.1, -0.05) is 411 Å². The minimum absolute atomic E-state index is 0.0212. The van der Waals surface area contributed by atoms with Crippen LogP contribution in [0.1, 0.15) is 457 Å². The standard InChI is InChI=1S/C81H157NO5/c1-3-5-7-9-11-13-15-17-18-19-20-40-43-46-50-53-57-61-65-69-73-79(84)78(77-83)82-80(85)74-70-66-62-58-54-51-47-44-41-38-36-34-32-30-28-26-24-22-21-23-25-27-29-31-33-35-37-39-42-45-48-52-56-60-64-68-72-76-87-81(86)75-71-67-63-59-55-49-16-14-12-10-8-6-4-2/h21,23,27,29,78-79,83-84H,3-20,22,24-26,28,30-77H2,1-2H3,(H,82,85)/b23-21-,29-27-. The van der Waals surface area contributed by atoms with Gasteiger partial charge in [-0.05, 0) is 57.8 Å². The molecule has 2 atom stereocenters. The molecule has 2 unspecified atom stereocenters. The second-order valence-electron chi connectivity index (χ2n) is 27.8. The average molecular weight is 1230 g/mol. The zero-order valence-corrected chi connectivity index (χ0v) is 59.3. The molecular weight excluding hydrogens is 1070 g/mol. The second-order valence-corrected chi connectivity index (χ2v) is 27.8. The first kappa shape index (κ1) is 85.3. The molecule has 1 amide bonds. The summed E-state index contributed by atoms with van der Waals surface area (Å²) < 4.78 is 5.49. The van der Waals surface area contributed by atoms with Crippen LogP contribution in [0.25, 0.3) is 0 Å². The van der Waals surface area contributed by atoms with Gasteiger partial charge in [0, 0.05) is 12.8 Å². The zero-order valence-electron chi connectivity index (χ0n) is 59.3. The molecule has 6 nitrogen and oxygen atoms in total. The smallest absolute Gasteiger partial charge is 0.305 e. The second kappa shape index (κ2) is 76.8. The number of nitrogens with one attached hydrogen (secondary N) is 1. The summed E-state index contributed by atoms with van der Waals surface area (Å²) in [6.07, 6.45) is 98.5. The van der Waals surface area contributed by atoms with Crippen LogP contribution in [-0.2, 0) is 14.3 Å². The number of amides is 1. The SMILES string of the molecule is CCCCCCCCCCCCCCCCCCCCCCC(O)C(CO)NC(=O)CCCCCCCCCCCCCCCCCCC/C=C\C/C=C\CCCCCCCCCCCCCCCOC(=O)CCCCCCCCCCCCCCC. The molecule has 516 valence electrons. The van der Waals surface area contributed by atoms with Crippen molar-refractivity contribution in [1.82, 2.24) is 5.32 Å². The molecule has 0 rings (SSSR count). The van der Waals surface area contributed by atoms with Gasteiger partial charge >= 0.3 is 5.97 Å². The summed E-state index contributed by atoms with van der Waals surface area (Å²) in [4.78, 5) is 24.6. The first-order valence-electron chi connectivity index (χ1n) is 40.1. The fourth-order valence-corrected chi connectivity index (χ4v) is 12.9. The van der Waals surface area contributed by atoms with Crippen LogP contribution in [0.2, 0.25) is 0 Å². The molecule has 0 aromatic carbocycles. The summed E-state index contributed by atoms with van der Waals surface area (Å²) in [7, 11) is 0. The lowest BCUT2D eigenvalue weighted by atomic mass is 10.0. The van der Waals surface area contributed by atoms with Crippen molar-refractivity contribution in [3.63, 3.8) is 0 Å². The van der Waals surface area contributed by atoms with E-state index in [4.69, 9.17) is 4.74 Å². The average Bonchev–Trinajstić information content (AvgIpc) is 3.57. The van der Waals surface area contributed by atoms with E-state index in [1.54, 1.807) is 0 Å². The van der Waals surface area contributed by atoms with Gasteiger partial charge in [0.15, 0.2) is 0 Å². The third-order valence-corrected chi connectivity index (χ3v) is 19.0. The first-order chi connectivity index (χ1) is 43.0. The normalized spacial score (nSPS) is 12.6. The van der Waals surface area contributed by atoms with E-state index < -0.39 is 12.1 Å². The molecule has 0 bridgehead atoms. The highest BCUT2D eigenvalue weighted by molar-refractivity contribution is 5.76. The topological polar surface area (TPSA) is 95.9 Å². The van der Waals surface area contributed by atoms with E-state index in [1.165, 1.54) is 379 Å². The predicted molar refractivity (Wildman–Crippen MR) is 384 cm³/mol. The molecule has 0 saturated heterocycles. The van der Waals surface area contributed by atoms with Crippen LogP contribution in [-0.4, -0.2) is 47.4 Å². The van der Waals surface area contributed by atoms with E-state index in [2.05, 4.69) is 43.5 Å². The summed E-state index contributed by atoms with van der Waals surface area (Å²) >= 11 is 0. The van der Waals surface area contributed by atoms with Gasteiger partial charge in [0.05, 0.1) is 25.4 Å². The number of aliphatic hydroxyl groups is 2. The van der Waals surface area contributed by atoms with Crippen molar-refractivity contribution in [1.29, 1.82) is 0 Å². The van der Waals surface area contributed by atoms with Gasteiger partial charge in [0.1, 0.15) is 0 Å². The highest BCUT2D eigenvalue weighted by Gasteiger charge is 2.20. The van der Waals surface area contributed by atoms with Crippen LogP contribution in [0.3, 0.4) is 0 Å². The number of hydrogen-bond acceptors (Lipinski definition) is 5. The predicted octanol–water partition coefficient (Wildman–Crippen LogP) is 26.4. The maximum absolute atomic E-state index is 12.6. The summed E-state index contributed by atoms with van der Waals surface area (Å²) in [6, 6.07) is -0.540. The lowest BCUT2D eigenvalue weighted by molar-refractivity contribution is -0.143. The Kier molecular flexibility index (Phi) is 75.3. The number of unbranched alkanes of at least 4 members (excludes halogenated alkanes) is 61. The molecule has 3 N–H and O–H groups in total. The van der Waals surface area contributed by atoms with E-state index in [0.717, 1.165) is 44.9 Å². The number of carbonyl (C=O) groups is 2. The van der Waals surface area contributed by atoms with Gasteiger partial charge in [-0.25, -0.2) is 0 Å². The van der Waals surface area contributed by atoms with Crippen LogP contribution in [0.4, 0.5) is 0 Å². The van der Waals surface area contributed by atoms with Crippen molar-refractivity contribution >= 4 is 11.9 Å². The maximum atomic E-state index is 12.6. The zero-order chi connectivity index (χ0) is 62.8. The molecule has 0 aliphatic rings. The van der Waals surface area contributed by atoms with Gasteiger partial charge in [-0.3, -0.25) is 9.59 Å². The largest absolute Gasteiger partial charge is 0.466 e. The number of rotatable bonds is 76. The van der Waals surface area contributed by atoms with Crippen molar-refractivity contribution in [3.05, 3.63) is 24.3 Å². The first-order valence-corrected chi connectivity index (χ1v) is 40.1. The quantitative estimate of drug-likeness (QED) is 0.0320. The Balaban J connectivity index is 3.36. The molecule has 0 spiro atoms. The number of allylic oxidation sites excluding steroid dienone is 4. The molecule has 0 saturated carbocycles. The number of esters is 1. The molecule has 6 heteroatoms. The molecule has 0 aliphatic carbocycles. The van der Waals surface area contributed by atoms with Crippen LogP contribution < -0.4 is 5.32 Å². The molecule has 87 heavy (non-hydrogen) atoms. The summed E-state index contributed by atoms with van der Waals surface area (Å²) in [5, 5.41) is 23.4. The highest BCUT2D eigenvalue weighted by atomic mass is 16.5. The fraction of sp³-hybridized carbons (Fsp3) is 0.926. The molecule has 0 aliphatic heterocycles. The monoisotopic (exact) mass is 1220 g/mol. The Morgan fingerprint density at radius 1 is 0.322 bits per heavy atom. The van der Waals surface area contributed by atoms with Crippen molar-refractivity contribution in [3.8, 4) is 0 Å². The van der Waals surface area contributed by atoms with E-state index in [1.807, 2.05) is 0 Å². The summed E-state index contributed by atoms with van der Waals surface area (Å²) in [5.74, 6) is -0.00587. The van der Waals surface area contributed by atoms with E-state index >= 15 is 0 Å². The van der Waals surface area contributed by atoms with Crippen LogP contribution in [0.5, 0.6) is 0 Å². The third-order valence-electron chi connectivity index (χ3n) is 19.0. The molecule has 0 heterocycles. The molecule has 0 radical (unpaired) electrons. The minimum atomic E-state index is -0.663. The van der Waals surface area contributed by atoms with Gasteiger partial charge in [0.2, 0.25) is 5.91 Å². The van der Waals surface area contributed by atoms with E-state index in [9.17, 15) is 19.8 Å². The van der Waals surface area contributed by atoms with Crippen molar-refractivity contribution in [2.24, 2.45) is 0 Å². The Morgan fingerprint density at radius 3 is 0.874 bits per heavy atom. The van der Waals surface area contributed by atoms with Gasteiger partial charge in [0.25, 0.3) is 0 Å². The number of aliphatic hydroxyl groups excluding tert-OH is 2. The van der Waals surface area contributed by atoms with Gasteiger partial charge in [-0.15, -0.1) is 0 Å². The Hall–Kier alpha value is -1.66. The van der Waals surface area contributed by atoms with Crippen LogP contribution in [0.15, 0.2) is 24.3 Å². The molecule has 0 fully saturated rings. The molecule has 0 aromatic heterocycles. The minimum Gasteiger partial charge on any atom is -0.466 e. The summed E-state index contributed by atoms with van der Waals surface area (Å²) in [6.45, 7) is 5.01. The maximum Gasteiger partial charge on any atom is 0.305 e. The third kappa shape index (κ3) is 73.3. The molecular formula is C81H157NO5. The van der Waals surface area contributed by atoms with Crippen molar-refractivity contribution < 1.29 is 24.5 Å². The van der Waals surface area contributed by atoms with E-state index in [0.29, 0.717) is 25.9 Å². The molecule has 0 aromatic rings. The Morgan fingerprint density at radius 2 is 0.575 bits per heavy atom. The van der Waals surface area contributed by atoms with Crippen LogP contribution in [0, 0.1) is 0 Å². The number of hydrogen-bond donors (Lipinski definition) is 3. The van der Waals surface area contributed by atoms with E-state index in [-0.39, 0.29) is 18.5 Å². The Labute approximate surface area is 545 Å². The van der Waals surface area contributed by atoms with Gasteiger partial charge < -0.3 is 20.3 Å². The fourth-order valence-electron chi connectivity index (χ4n) is 12.9. The lowest BCUT2D eigenvalue weighted by Crippen LogP contribution is -2.45. The Bertz CT molecular complexity index is 1360. The van der Waals surface area contributed by atoms with Crippen LogP contribution >= 0.6 is 0 Å². The lowest BCUT2D eigenvalue weighted by Gasteiger charge is -2.22.